The van der Waals surface area contributed by atoms with Crippen LogP contribution in [0.3, 0.4) is 0 Å². The van der Waals surface area contributed by atoms with Gasteiger partial charge in [-0.1, -0.05) is 92.7 Å². The van der Waals surface area contributed by atoms with Crippen LogP contribution < -0.4 is 10.1 Å². The Bertz CT molecular complexity index is 1080. The van der Waals surface area contributed by atoms with Gasteiger partial charge in [0, 0.05) is 19.0 Å². The van der Waals surface area contributed by atoms with E-state index in [0.29, 0.717) is 18.7 Å². The lowest BCUT2D eigenvalue weighted by Gasteiger charge is -2.32. The summed E-state index contributed by atoms with van der Waals surface area (Å²) in [4.78, 5) is 28.7. The van der Waals surface area contributed by atoms with Gasteiger partial charge in [-0.15, -0.1) is 0 Å². The maximum Gasteiger partial charge on any atom is 0.261 e. The van der Waals surface area contributed by atoms with Gasteiger partial charge in [0.05, 0.1) is 0 Å². The molecular weight excluding hydrogens is 436 g/mol. The van der Waals surface area contributed by atoms with E-state index < -0.39 is 6.04 Å². The molecule has 0 saturated carbocycles. The summed E-state index contributed by atoms with van der Waals surface area (Å²) in [6.07, 6.45) is 0.417. The highest BCUT2D eigenvalue weighted by atomic mass is 16.5. The van der Waals surface area contributed by atoms with E-state index in [1.807, 2.05) is 98.8 Å². The third-order valence-electron chi connectivity index (χ3n) is 5.79. The first-order valence-corrected chi connectivity index (χ1v) is 12.2. The van der Waals surface area contributed by atoms with Crippen molar-refractivity contribution in [3.63, 3.8) is 0 Å². The highest BCUT2D eigenvalue weighted by Crippen LogP contribution is 2.26. The number of benzene rings is 3. The predicted octanol–water partition coefficient (Wildman–Crippen LogP) is 5.35. The molecule has 184 valence electrons. The smallest absolute Gasteiger partial charge is 0.261 e. The second-order valence-electron chi connectivity index (χ2n) is 9.36. The molecule has 3 rings (SSSR count). The monoisotopic (exact) mass is 472 g/mol. The molecule has 35 heavy (non-hydrogen) atoms. The second kappa shape index (κ2) is 12.7. The molecule has 5 nitrogen and oxygen atoms in total. The van der Waals surface area contributed by atoms with Gasteiger partial charge in [-0.2, -0.15) is 0 Å². The van der Waals surface area contributed by atoms with Crippen molar-refractivity contribution in [1.29, 1.82) is 0 Å². The zero-order valence-electron chi connectivity index (χ0n) is 21.1. The van der Waals surface area contributed by atoms with Gasteiger partial charge in [-0.25, -0.2) is 0 Å². The zero-order chi connectivity index (χ0) is 25.2. The lowest BCUT2D eigenvalue weighted by Crippen LogP contribution is -2.52. The van der Waals surface area contributed by atoms with Crippen molar-refractivity contribution >= 4 is 11.8 Å². The van der Waals surface area contributed by atoms with E-state index in [1.165, 1.54) is 0 Å². The van der Waals surface area contributed by atoms with E-state index in [1.54, 1.807) is 4.90 Å². The van der Waals surface area contributed by atoms with Crippen LogP contribution in [0, 0.1) is 0 Å². The Hall–Kier alpha value is -3.60. The number of nitrogens with one attached hydrogen (secondary N) is 1. The third-order valence-corrected chi connectivity index (χ3v) is 5.79. The fourth-order valence-electron chi connectivity index (χ4n) is 4.03. The zero-order valence-corrected chi connectivity index (χ0v) is 21.1. The summed E-state index contributed by atoms with van der Waals surface area (Å²) >= 11 is 0. The molecule has 0 fully saturated rings. The molecule has 3 aromatic rings. The SMILES string of the molecule is CC(C)NC(=O)C(Cc1ccccc1)N(Cc1ccccc1)C(=O)COc1ccccc1C(C)C. The van der Waals surface area contributed by atoms with Crippen molar-refractivity contribution < 1.29 is 14.3 Å². The van der Waals surface area contributed by atoms with E-state index in [-0.39, 0.29) is 30.4 Å². The molecule has 0 aromatic heterocycles. The topological polar surface area (TPSA) is 58.6 Å². The number of amides is 2. The highest BCUT2D eigenvalue weighted by Gasteiger charge is 2.31. The Labute approximate surface area is 209 Å². The first kappa shape index (κ1) is 26.0. The number of ether oxygens (including phenoxy) is 1. The molecule has 0 aliphatic heterocycles. The number of hydrogen-bond donors (Lipinski definition) is 1. The molecular formula is C30H36N2O3. The van der Waals surface area contributed by atoms with Crippen LogP contribution in [0.5, 0.6) is 5.75 Å². The standard InChI is InChI=1S/C30H36N2O3/c1-22(2)26-17-11-12-18-28(26)35-21-29(33)32(20-25-15-9-6-10-16-25)27(30(34)31-23(3)4)19-24-13-7-5-8-14-24/h5-18,22-23,27H,19-21H2,1-4H3,(H,31,34). The first-order chi connectivity index (χ1) is 16.8. The molecule has 2 amide bonds. The predicted molar refractivity (Wildman–Crippen MR) is 140 cm³/mol. The summed E-state index contributed by atoms with van der Waals surface area (Å²) in [5.41, 5.74) is 3.00. The summed E-state index contributed by atoms with van der Waals surface area (Å²) in [7, 11) is 0. The maximum absolute atomic E-state index is 13.6. The first-order valence-electron chi connectivity index (χ1n) is 12.2. The van der Waals surface area contributed by atoms with Crippen molar-refractivity contribution in [2.24, 2.45) is 0 Å². The largest absolute Gasteiger partial charge is 0.483 e. The Morgan fingerprint density at radius 3 is 1.97 bits per heavy atom. The fraction of sp³-hybridized carbons (Fsp3) is 0.333. The van der Waals surface area contributed by atoms with Gasteiger partial charge < -0.3 is 15.0 Å². The summed E-state index contributed by atoms with van der Waals surface area (Å²) < 4.78 is 6.02. The number of nitrogens with zero attached hydrogens (tertiary/aromatic N) is 1. The van der Waals surface area contributed by atoms with Gasteiger partial charge in [0.2, 0.25) is 5.91 Å². The molecule has 0 saturated heterocycles. The van der Waals surface area contributed by atoms with Crippen molar-refractivity contribution in [2.45, 2.75) is 58.7 Å². The Kier molecular flexibility index (Phi) is 9.47. The Balaban J connectivity index is 1.90. The van der Waals surface area contributed by atoms with Crippen LogP contribution in [0.15, 0.2) is 84.9 Å². The van der Waals surface area contributed by atoms with E-state index in [9.17, 15) is 9.59 Å². The average molecular weight is 473 g/mol. The van der Waals surface area contributed by atoms with Crippen LogP contribution in [0.2, 0.25) is 0 Å². The summed E-state index contributed by atoms with van der Waals surface area (Å²) in [6.45, 7) is 8.21. The molecule has 3 aromatic carbocycles. The summed E-state index contributed by atoms with van der Waals surface area (Å²) in [6, 6.07) is 26.6. The lowest BCUT2D eigenvalue weighted by molar-refractivity contribution is -0.143. The minimum atomic E-state index is -0.670. The van der Waals surface area contributed by atoms with E-state index >= 15 is 0 Å². The summed E-state index contributed by atoms with van der Waals surface area (Å²) in [5, 5.41) is 3.01. The molecule has 1 unspecified atom stereocenters. The molecule has 0 heterocycles. The normalized spacial score (nSPS) is 11.8. The third kappa shape index (κ3) is 7.71. The Morgan fingerprint density at radius 2 is 1.37 bits per heavy atom. The minimum absolute atomic E-state index is 0.0383. The minimum Gasteiger partial charge on any atom is -0.483 e. The quantitative estimate of drug-likeness (QED) is 0.409. The molecule has 0 aliphatic carbocycles. The Morgan fingerprint density at radius 1 is 0.800 bits per heavy atom. The van der Waals surface area contributed by atoms with Crippen LogP contribution in [-0.4, -0.2) is 35.4 Å². The van der Waals surface area contributed by atoms with E-state index in [0.717, 1.165) is 16.7 Å². The van der Waals surface area contributed by atoms with Crippen molar-refractivity contribution in [1.82, 2.24) is 10.2 Å². The molecule has 5 heteroatoms. The van der Waals surface area contributed by atoms with Gasteiger partial charge in [0.25, 0.3) is 5.91 Å². The maximum atomic E-state index is 13.6. The number of para-hydroxylation sites is 1. The number of hydrogen-bond acceptors (Lipinski definition) is 3. The van der Waals surface area contributed by atoms with Crippen LogP contribution in [0.25, 0.3) is 0 Å². The number of carbonyl (C=O) groups is 2. The van der Waals surface area contributed by atoms with Gasteiger partial charge in [0.1, 0.15) is 11.8 Å². The van der Waals surface area contributed by atoms with E-state index in [4.69, 9.17) is 4.74 Å². The van der Waals surface area contributed by atoms with Crippen LogP contribution in [0.1, 0.15) is 50.3 Å². The second-order valence-corrected chi connectivity index (χ2v) is 9.36. The van der Waals surface area contributed by atoms with Gasteiger partial charge in [-0.3, -0.25) is 9.59 Å². The molecule has 0 aliphatic rings. The highest BCUT2D eigenvalue weighted by molar-refractivity contribution is 5.88. The van der Waals surface area contributed by atoms with Crippen LogP contribution >= 0.6 is 0 Å². The molecule has 0 radical (unpaired) electrons. The molecule has 0 bridgehead atoms. The molecule has 1 N–H and O–H groups in total. The van der Waals surface area contributed by atoms with Gasteiger partial charge in [-0.05, 0) is 42.5 Å². The fourth-order valence-corrected chi connectivity index (χ4v) is 4.03. The molecule has 0 spiro atoms. The van der Waals surface area contributed by atoms with Gasteiger partial charge in [0.15, 0.2) is 6.61 Å². The van der Waals surface area contributed by atoms with Crippen molar-refractivity contribution in [3.8, 4) is 5.75 Å². The van der Waals surface area contributed by atoms with Crippen LogP contribution in [0.4, 0.5) is 0 Å². The summed E-state index contributed by atoms with van der Waals surface area (Å²) in [5.74, 6) is 0.564. The van der Waals surface area contributed by atoms with Gasteiger partial charge >= 0.3 is 0 Å². The van der Waals surface area contributed by atoms with Crippen LogP contribution in [-0.2, 0) is 22.6 Å². The van der Waals surface area contributed by atoms with E-state index in [2.05, 4.69) is 19.2 Å². The number of carbonyl (C=O) groups excluding carboxylic acids is 2. The average Bonchev–Trinajstić information content (AvgIpc) is 2.85. The van der Waals surface area contributed by atoms with Crippen molar-refractivity contribution in [2.75, 3.05) is 6.61 Å². The number of rotatable bonds is 11. The molecule has 1 atom stereocenters. The van der Waals surface area contributed by atoms with Crippen molar-refractivity contribution in [3.05, 3.63) is 102 Å². The lowest BCUT2D eigenvalue weighted by atomic mass is 10.0.